The molecule has 0 spiro atoms. The van der Waals surface area contributed by atoms with Crippen molar-refractivity contribution < 1.29 is 18.8 Å². The summed E-state index contributed by atoms with van der Waals surface area (Å²) >= 11 is 4.64. The van der Waals surface area contributed by atoms with Crippen LogP contribution in [0.5, 0.6) is 0 Å². The molecule has 6 nitrogen and oxygen atoms in total. The minimum atomic E-state index is -0.117. The number of likely N-dealkylation sites (N-methyl/N-ethyl adjacent to an activating group) is 1. The molecule has 0 radical (unpaired) electrons. The maximum absolute atomic E-state index is 12.2. The van der Waals surface area contributed by atoms with Crippen LogP contribution in [0.15, 0.2) is 11.6 Å². The van der Waals surface area contributed by atoms with Crippen LogP contribution >= 0.6 is 11.6 Å². The smallest absolute Gasteiger partial charge is 0.310 e. The summed E-state index contributed by atoms with van der Waals surface area (Å²) in [7, 11) is 2.06. The number of esters is 1. The number of rotatable bonds is 20. The van der Waals surface area contributed by atoms with Crippen LogP contribution in [-0.2, 0) is 14.3 Å². The molecular formula is C29H55ClN3O3+. The fourth-order valence-electron chi connectivity index (χ4n) is 4.37. The molecular weight excluding hydrogens is 474 g/mol. The van der Waals surface area contributed by atoms with E-state index in [1.54, 1.807) is 0 Å². The molecule has 0 saturated carbocycles. The topological polar surface area (TPSA) is 83.2 Å². The van der Waals surface area contributed by atoms with E-state index in [4.69, 9.17) is 20.3 Å². The molecule has 1 aliphatic heterocycles. The highest BCUT2D eigenvalue weighted by Crippen LogP contribution is 2.19. The van der Waals surface area contributed by atoms with Crippen LogP contribution in [0, 0.1) is 10.8 Å². The van der Waals surface area contributed by atoms with Crippen LogP contribution in [0.25, 0.3) is 0 Å². The number of hydrogen-bond acceptors (Lipinski definition) is 5. The Bertz CT molecular complexity index is 639. The summed E-state index contributed by atoms with van der Waals surface area (Å²) in [6, 6.07) is 0. The van der Waals surface area contributed by atoms with Gasteiger partial charge in [-0.25, -0.2) is 0 Å². The maximum Gasteiger partial charge on any atom is 0.310 e. The molecule has 0 bridgehead atoms. The molecule has 0 amide bonds. The second kappa shape index (κ2) is 22.8. The number of carbonyl (C=O) groups is 1. The molecule has 36 heavy (non-hydrogen) atoms. The number of quaternary nitrogens is 1. The Labute approximate surface area is 226 Å². The highest BCUT2D eigenvalue weighted by atomic mass is 35.5. The number of alkyl halides is 1. The number of carbonyl (C=O) groups excluding carboxylic acids is 1. The van der Waals surface area contributed by atoms with E-state index in [0.717, 1.165) is 44.2 Å². The average Bonchev–Trinajstić information content (AvgIpc) is 2.89. The van der Waals surface area contributed by atoms with Crippen molar-refractivity contribution in [2.75, 3.05) is 39.9 Å². The zero-order chi connectivity index (χ0) is 27.1. The largest absolute Gasteiger partial charge is 0.477 e. The Balaban J connectivity index is 0.00000596. The quantitative estimate of drug-likeness (QED) is 0.0419. The van der Waals surface area contributed by atoms with Crippen LogP contribution < -0.4 is 0 Å². The van der Waals surface area contributed by atoms with E-state index in [-0.39, 0.29) is 17.6 Å². The van der Waals surface area contributed by atoms with Gasteiger partial charge in [0.2, 0.25) is 12.6 Å². The van der Waals surface area contributed by atoms with Crippen molar-refractivity contribution in [3.8, 4) is 0 Å². The van der Waals surface area contributed by atoms with Crippen LogP contribution in [0.4, 0.5) is 0 Å². The van der Waals surface area contributed by atoms with Crippen molar-refractivity contribution in [3.05, 3.63) is 11.6 Å². The van der Waals surface area contributed by atoms with Crippen molar-refractivity contribution in [2.45, 2.75) is 117 Å². The number of ether oxygens (including phenoxy) is 2. The summed E-state index contributed by atoms with van der Waals surface area (Å²) in [4.78, 5) is 12.2. The maximum atomic E-state index is 12.2. The second-order valence-corrected chi connectivity index (χ2v) is 10.2. The van der Waals surface area contributed by atoms with Crippen LogP contribution in [0.2, 0.25) is 0 Å². The van der Waals surface area contributed by atoms with Crippen molar-refractivity contribution >= 4 is 29.2 Å². The van der Waals surface area contributed by atoms with E-state index < -0.39 is 0 Å². The third kappa shape index (κ3) is 17.1. The highest BCUT2D eigenvalue weighted by Gasteiger charge is 2.30. The molecule has 0 aromatic rings. The standard InChI is InChI=1S/C28H52N3O3.CH3Cl/c1-4-6-8-10-11-12-13-14-15-16-20-26(32)34-24-31(3)21-18-19-25(23-31)27(29)28(30)33-22-17-9-7-5-2;1-2/h19,29-30H,4-18,20-24H2,1-3H3;1H3/q+1;. The van der Waals surface area contributed by atoms with Gasteiger partial charge in [0.15, 0.2) is 0 Å². The molecule has 1 heterocycles. The van der Waals surface area contributed by atoms with Crippen molar-refractivity contribution in [2.24, 2.45) is 0 Å². The Hall–Kier alpha value is -1.40. The van der Waals surface area contributed by atoms with Crippen LogP contribution in [0.1, 0.15) is 117 Å². The van der Waals surface area contributed by atoms with E-state index in [1.165, 1.54) is 70.6 Å². The molecule has 0 saturated heterocycles. The second-order valence-electron chi connectivity index (χ2n) is 10.2. The van der Waals surface area contributed by atoms with Crippen molar-refractivity contribution in [3.63, 3.8) is 0 Å². The lowest BCUT2D eigenvalue weighted by Crippen LogP contribution is -2.51. The molecule has 0 aliphatic carbocycles. The normalized spacial score (nSPS) is 17.0. The molecule has 1 rings (SSSR count). The first kappa shape index (κ1) is 34.6. The Morgan fingerprint density at radius 3 is 1.97 bits per heavy atom. The summed E-state index contributed by atoms with van der Waals surface area (Å²) in [5.74, 6) is -0.164. The zero-order valence-electron chi connectivity index (χ0n) is 23.8. The van der Waals surface area contributed by atoms with Gasteiger partial charge in [0.05, 0.1) is 20.2 Å². The minimum Gasteiger partial charge on any atom is -0.477 e. The molecule has 0 fully saturated rings. The van der Waals surface area contributed by atoms with Crippen LogP contribution in [-0.4, -0.2) is 61.9 Å². The van der Waals surface area contributed by atoms with Gasteiger partial charge >= 0.3 is 5.97 Å². The number of nitrogens with zero attached hydrogens (tertiary/aromatic N) is 1. The zero-order valence-corrected chi connectivity index (χ0v) is 24.5. The summed E-state index contributed by atoms with van der Waals surface area (Å²) in [6.07, 6.45) is 21.7. The van der Waals surface area contributed by atoms with Gasteiger partial charge < -0.3 is 9.47 Å². The van der Waals surface area contributed by atoms with Crippen molar-refractivity contribution in [1.29, 1.82) is 10.8 Å². The monoisotopic (exact) mass is 528 g/mol. The lowest BCUT2D eigenvalue weighted by molar-refractivity contribution is -0.922. The van der Waals surface area contributed by atoms with Gasteiger partial charge in [0.25, 0.3) is 0 Å². The Morgan fingerprint density at radius 2 is 1.39 bits per heavy atom. The Morgan fingerprint density at radius 1 is 0.861 bits per heavy atom. The van der Waals surface area contributed by atoms with Crippen molar-refractivity contribution in [1.82, 2.24) is 0 Å². The number of nitrogens with one attached hydrogen (secondary N) is 2. The molecule has 0 aromatic heterocycles. The van der Waals surface area contributed by atoms with E-state index >= 15 is 0 Å². The molecule has 1 unspecified atom stereocenters. The Kier molecular flexibility index (Phi) is 21.9. The molecule has 0 aromatic carbocycles. The molecule has 7 heteroatoms. The molecule has 1 aliphatic rings. The highest BCUT2D eigenvalue weighted by molar-refractivity contribution is 6.43. The van der Waals surface area contributed by atoms with E-state index in [0.29, 0.717) is 30.8 Å². The third-order valence-electron chi connectivity index (χ3n) is 6.68. The van der Waals surface area contributed by atoms with E-state index in [9.17, 15) is 4.79 Å². The summed E-state index contributed by atoms with van der Waals surface area (Å²) in [6.45, 7) is 6.70. The molecule has 210 valence electrons. The van der Waals surface area contributed by atoms with Gasteiger partial charge in [-0.1, -0.05) is 97.0 Å². The first-order chi connectivity index (χ1) is 17.4. The molecule has 1 atom stereocenters. The first-order valence-electron chi connectivity index (χ1n) is 14.3. The number of unbranched alkanes of at least 4 members (excludes halogenated alkanes) is 12. The van der Waals surface area contributed by atoms with Gasteiger partial charge in [-0.05, 0) is 12.8 Å². The number of hydrogen-bond donors (Lipinski definition) is 2. The summed E-state index contributed by atoms with van der Waals surface area (Å²) in [5.41, 5.74) is 0.981. The lowest BCUT2D eigenvalue weighted by Gasteiger charge is -2.36. The third-order valence-corrected chi connectivity index (χ3v) is 6.68. The predicted octanol–water partition coefficient (Wildman–Crippen LogP) is 8.02. The fourth-order valence-corrected chi connectivity index (χ4v) is 4.37. The van der Waals surface area contributed by atoms with Gasteiger partial charge in [-0.3, -0.25) is 20.1 Å². The molecule has 2 N–H and O–H groups in total. The summed E-state index contributed by atoms with van der Waals surface area (Å²) < 4.78 is 11.7. The SMILES string of the molecule is CCCCCCCCCCCCC(=O)OC[N+]1(C)CCC=C(C(=N)C(=N)OCCCCCC)C1.CCl. The van der Waals surface area contributed by atoms with Gasteiger partial charge in [-0.2, -0.15) is 0 Å². The van der Waals surface area contributed by atoms with E-state index in [1.807, 2.05) is 6.08 Å². The van der Waals surface area contributed by atoms with Gasteiger partial charge in [0.1, 0.15) is 12.3 Å². The van der Waals surface area contributed by atoms with E-state index in [2.05, 4.69) is 32.5 Å². The van der Waals surface area contributed by atoms with Crippen LogP contribution in [0.3, 0.4) is 0 Å². The summed E-state index contributed by atoms with van der Waals surface area (Å²) in [5, 5.41) is 16.5. The van der Waals surface area contributed by atoms with Gasteiger partial charge in [0, 0.05) is 24.8 Å². The van der Waals surface area contributed by atoms with Gasteiger partial charge in [-0.15, -0.1) is 11.6 Å². The minimum absolute atomic E-state index is 0.0471. The first-order valence-corrected chi connectivity index (χ1v) is 15.0. The number of halogens is 1. The lowest BCUT2D eigenvalue weighted by atomic mass is 10.0. The average molecular weight is 529 g/mol. The fraction of sp³-hybridized carbons (Fsp3) is 0.828. The predicted molar refractivity (Wildman–Crippen MR) is 153 cm³/mol.